The lowest BCUT2D eigenvalue weighted by atomic mass is 10.0. The number of fused-ring (bicyclic) bond motifs is 1. The number of benzene rings is 2. The maximum Gasteiger partial charge on any atom is 0.408 e. The minimum absolute atomic E-state index is 0.0299. The molecule has 4 aromatic rings. The van der Waals surface area contributed by atoms with Crippen LogP contribution in [0.25, 0.3) is 16.9 Å². The van der Waals surface area contributed by atoms with Crippen molar-refractivity contribution < 1.29 is 23.9 Å². The molecule has 208 valence electrons. The first-order valence-corrected chi connectivity index (χ1v) is 13.0. The van der Waals surface area contributed by atoms with Gasteiger partial charge in [-0.1, -0.05) is 36.4 Å². The van der Waals surface area contributed by atoms with Crippen LogP contribution in [0.2, 0.25) is 0 Å². The van der Waals surface area contributed by atoms with Gasteiger partial charge < -0.3 is 20.1 Å². The van der Waals surface area contributed by atoms with Crippen molar-refractivity contribution in [1.29, 1.82) is 0 Å². The Balaban J connectivity index is 1.62. The Labute approximate surface area is 232 Å². The summed E-state index contributed by atoms with van der Waals surface area (Å²) < 4.78 is 12.0. The zero-order valence-electron chi connectivity index (χ0n) is 23.2. The average molecular weight is 544 g/mol. The molecule has 0 unspecified atom stereocenters. The molecule has 1 atom stereocenters. The van der Waals surface area contributed by atoms with E-state index in [2.05, 4.69) is 20.7 Å². The fraction of sp³-hybridized carbons (Fsp3) is 0.300. The second-order valence-corrected chi connectivity index (χ2v) is 10.2. The largest absolute Gasteiger partial charge is 0.466 e. The molecule has 0 radical (unpaired) electrons. The van der Waals surface area contributed by atoms with E-state index in [1.807, 2.05) is 31.2 Å². The van der Waals surface area contributed by atoms with Gasteiger partial charge in [0.05, 0.1) is 24.6 Å². The van der Waals surface area contributed by atoms with Crippen molar-refractivity contribution >= 4 is 29.2 Å². The highest BCUT2D eigenvalue weighted by atomic mass is 16.6. The van der Waals surface area contributed by atoms with E-state index in [0.717, 1.165) is 5.56 Å². The van der Waals surface area contributed by atoms with Crippen molar-refractivity contribution in [2.45, 2.75) is 52.7 Å². The Morgan fingerprint density at radius 2 is 1.80 bits per heavy atom. The summed E-state index contributed by atoms with van der Waals surface area (Å²) in [6.07, 6.45) is 1.25. The Bertz CT molecular complexity index is 1540. The zero-order valence-corrected chi connectivity index (χ0v) is 23.2. The molecule has 0 spiro atoms. The zero-order chi connectivity index (χ0) is 28.9. The molecule has 10 heteroatoms. The number of nitrogens with one attached hydrogen (secondary N) is 2. The van der Waals surface area contributed by atoms with Crippen LogP contribution in [0.3, 0.4) is 0 Å². The Hall–Kier alpha value is -4.73. The summed E-state index contributed by atoms with van der Waals surface area (Å²) in [4.78, 5) is 42.4. The van der Waals surface area contributed by atoms with Gasteiger partial charge in [-0.05, 0) is 70.0 Å². The molecular formula is C30H33N5O5. The first-order chi connectivity index (χ1) is 19.0. The summed E-state index contributed by atoms with van der Waals surface area (Å²) in [5.74, 6) is -0.488. The van der Waals surface area contributed by atoms with Crippen LogP contribution in [0.1, 0.15) is 62.3 Å². The van der Waals surface area contributed by atoms with Crippen molar-refractivity contribution in [3.05, 3.63) is 83.7 Å². The van der Waals surface area contributed by atoms with Gasteiger partial charge in [-0.2, -0.15) is 0 Å². The van der Waals surface area contributed by atoms with Crippen LogP contribution in [0.4, 0.5) is 10.5 Å². The lowest BCUT2D eigenvalue weighted by Crippen LogP contribution is -2.34. The van der Waals surface area contributed by atoms with Gasteiger partial charge in [0.25, 0.3) is 5.91 Å². The highest BCUT2D eigenvalue weighted by Crippen LogP contribution is 2.24. The molecule has 0 fully saturated rings. The van der Waals surface area contributed by atoms with E-state index in [0.29, 0.717) is 28.2 Å². The lowest BCUT2D eigenvalue weighted by Gasteiger charge is -2.22. The van der Waals surface area contributed by atoms with Gasteiger partial charge in [0, 0.05) is 17.4 Å². The number of esters is 1. The Morgan fingerprint density at radius 3 is 2.55 bits per heavy atom. The number of aromatic nitrogens is 3. The first-order valence-electron chi connectivity index (χ1n) is 13.0. The number of carbonyl (C=O) groups is 3. The lowest BCUT2D eigenvalue weighted by molar-refractivity contribution is -0.142. The highest BCUT2D eigenvalue weighted by molar-refractivity contribution is 6.08. The smallest absolute Gasteiger partial charge is 0.408 e. The molecule has 2 amide bonds. The molecule has 10 nitrogen and oxygen atoms in total. The maximum atomic E-state index is 13.5. The molecule has 2 aromatic heterocycles. The standard InChI is InChI=1S/C30H33N5O5/c1-6-39-25(36)18-21-11-7-8-14-23(21)32-28(37)26-24-15-10-16-35(24)34-27(33-26)22-13-9-12-20(17-22)19(2)31-29(38)40-30(3,4)5/h7-17,19H,6,18H2,1-5H3,(H,31,38)(H,32,37)/t19-/m0/s1. The average Bonchev–Trinajstić information content (AvgIpc) is 3.37. The van der Waals surface area contributed by atoms with Gasteiger partial charge in [-0.3, -0.25) is 9.59 Å². The number of rotatable bonds is 8. The molecule has 2 N–H and O–H groups in total. The molecule has 4 rings (SSSR count). The van der Waals surface area contributed by atoms with E-state index in [9.17, 15) is 14.4 Å². The van der Waals surface area contributed by atoms with Crippen molar-refractivity contribution in [1.82, 2.24) is 19.9 Å². The van der Waals surface area contributed by atoms with E-state index in [-0.39, 0.29) is 30.7 Å². The van der Waals surface area contributed by atoms with Gasteiger partial charge in [0.2, 0.25) is 0 Å². The molecule has 0 saturated carbocycles. The van der Waals surface area contributed by atoms with Crippen LogP contribution in [-0.4, -0.2) is 44.8 Å². The second-order valence-electron chi connectivity index (χ2n) is 10.2. The third-order valence-electron chi connectivity index (χ3n) is 5.89. The minimum atomic E-state index is -0.609. The first kappa shape index (κ1) is 28.3. The third-order valence-corrected chi connectivity index (χ3v) is 5.89. The van der Waals surface area contributed by atoms with Crippen LogP contribution in [-0.2, 0) is 20.7 Å². The van der Waals surface area contributed by atoms with Crippen molar-refractivity contribution in [3.8, 4) is 11.4 Å². The number of ether oxygens (including phenoxy) is 2. The monoisotopic (exact) mass is 543 g/mol. The van der Waals surface area contributed by atoms with Crippen LogP contribution >= 0.6 is 0 Å². The van der Waals surface area contributed by atoms with Crippen molar-refractivity contribution in [2.75, 3.05) is 11.9 Å². The predicted molar refractivity (Wildman–Crippen MR) is 151 cm³/mol. The second kappa shape index (κ2) is 12.0. The molecule has 2 heterocycles. The van der Waals surface area contributed by atoms with Gasteiger partial charge >= 0.3 is 12.1 Å². The summed E-state index contributed by atoms with van der Waals surface area (Å²) in [7, 11) is 0. The number of alkyl carbamates (subject to hydrolysis) is 1. The van der Waals surface area contributed by atoms with Crippen LogP contribution in [0.5, 0.6) is 0 Å². The normalized spacial score (nSPS) is 12.0. The number of carbonyl (C=O) groups excluding carboxylic acids is 3. The number of nitrogens with zero attached hydrogens (tertiary/aromatic N) is 3. The van der Waals surface area contributed by atoms with Gasteiger partial charge in [-0.25, -0.2) is 14.3 Å². The number of amides is 2. The molecule has 0 bridgehead atoms. The van der Waals surface area contributed by atoms with E-state index in [4.69, 9.17) is 9.47 Å². The van der Waals surface area contributed by atoms with Crippen LogP contribution in [0, 0.1) is 0 Å². The fourth-order valence-electron chi connectivity index (χ4n) is 4.08. The topological polar surface area (TPSA) is 124 Å². The molecule has 2 aromatic carbocycles. The minimum Gasteiger partial charge on any atom is -0.466 e. The van der Waals surface area contributed by atoms with E-state index in [1.54, 1.807) is 74.8 Å². The molecule has 0 aliphatic rings. The number of anilines is 1. The maximum absolute atomic E-state index is 13.5. The number of hydrogen-bond acceptors (Lipinski definition) is 7. The summed E-state index contributed by atoms with van der Waals surface area (Å²) in [6.45, 7) is 9.29. The summed E-state index contributed by atoms with van der Waals surface area (Å²) in [6, 6.07) is 17.7. The highest BCUT2D eigenvalue weighted by Gasteiger charge is 2.21. The van der Waals surface area contributed by atoms with Gasteiger partial charge in [0.1, 0.15) is 5.60 Å². The Kier molecular flexibility index (Phi) is 8.47. The van der Waals surface area contributed by atoms with E-state index >= 15 is 0 Å². The molecular weight excluding hydrogens is 510 g/mol. The number of hydrogen-bond donors (Lipinski definition) is 2. The predicted octanol–water partition coefficient (Wildman–Crippen LogP) is 5.34. The van der Waals surface area contributed by atoms with Crippen LogP contribution < -0.4 is 10.6 Å². The molecule has 0 aliphatic carbocycles. The molecule has 40 heavy (non-hydrogen) atoms. The summed E-state index contributed by atoms with van der Waals surface area (Å²) in [5, 5.41) is 10.3. The molecule has 0 aliphatic heterocycles. The van der Waals surface area contributed by atoms with Crippen molar-refractivity contribution in [2.24, 2.45) is 0 Å². The van der Waals surface area contributed by atoms with E-state index < -0.39 is 17.6 Å². The van der Waals surface area contributed by atoms with Gasteiger partial charge in [-0.15, -0.1) is 5.10 Å². The Morgan fingerprint density at radius 1 is 1.02 bits per heavy atom. The molecule has 0 saturated heterocycles. The third kappa shape index (κ3) is 7.02. The number of para-hydroxylation sites is 1. The van der Waals surface area contributed by atoms with E-state index in [1.165, 1.54) is 0 Å². The van der Waals surface area contributed by atoms with Crippen LogP contribution in [0.15, 0.2) is 66.9 Å². The van der Waals surface area contributed by atoms with Gasteiger partial charge in [0.15, 0.2) is 11.5 Å². The van der Waals surface area contributed by atoms with Crippen molar-refractivity contribution in [3.63, 3.8) is 0 Å². The fourth-order valence-corrected chi connectivity index (χ4v) is 4.08. The quantitative estimate of drug-likeness (QED) is 0.288. The summed E-state index contributed by atoms with van der Waals surface area (Å²) >= 11 is 0. The summed E-state index contributed by atoms with van der Waals surface area (Å²) in [5.41, 5.74) is 2.71. The SMILES string of the molecule is CCOC(=O)Cc1ccccc1NC(=O)c1nc(-c2cccc([C@H](C)NC(=O)OC(C)(C)C)c2)nn2cccc12.